The summed E-state index contributed by atoms with van der Waals surface area (Å²) in [5, 5.41) is 0. The Kier molecular flexibility index (Phi) is 302. The smallest absolute Gasteiger partial charge is 2.00 e. The maximum atomic E-state index is 0. The van der Waals surface area contributed by atoms with Crippen molar-refractivity contribution in [3.63, 3.8) is 0 Å². The van der Waals surface area contributed by atoms with E-state index in [-0.39, 0.29) is 145 Å². The van der Waals surface area contributed by atoms with Crippen LogP contribution < -0.4 is 92.9 Å². The summed E-state index contributed by atoms with van der Waals surface area (Å²) in [6.07, 6.45) is 0. The molecule has 0 saturated heterocycles. The third kappa shape index (κ3) is 24.5. The molecule has 1 radical (unpaired) electrons. The van der Waals surface area contributed by atoms with E-state index in [9.17, 15) is 0 Å². The van der Waals surface area contributed by atoms with Crippen molar-refractivity contribution in [1.29, 1.82) is 0 Å². The normalized spacial score (nSPS) is 0. The predicted molar refractivity (Wildman–Crippen MR) is 9.92 cm³/mol. The van der Waals surface area contributed by atoms with Crippen molar-refractivity contribution >= 4 is 23.9 Å². The third-order valence-corrected chi connectivity index (χ3v) is 0. The number of hydrogen-bond donors (Lipinski definition) is 0. The zero-order valence-corrected chi connectivity index (χ0v) is 16.0. The molecule has 0 aliphatic carbocycles. The van der Waals surface area contributed by atoms with Gasteiger partial charge in [-0.15, -0.1) is 0 Å². The second-order valence-electron chi connectivity index (χ2n) is 0. The Hall–Kier alpha value is 4.02. The second kappa shape index (κ2) is 35.9. The molecule has 0 aliphatic rings. The monoisotopic (exact) mass is 469 g/mol. The molecule has 6 heavy (non-hydrogen) atoms. The molecule has 0 N–H and O–H groups in total. The third-order valence-electron chi connectivity index (χ3n) is 0. The SMILES string of the molecule is [Cs+].[IH2+].[Mn+2].[O-2].[O-2].[Sn+4]. The predicted octanol–water partition coefficient (Wildman–Crippen LogP) is -7.15. The molecule has 0 rings (SSSR count). The molecule has 6 heteroatoms. The van der Waals surface area contributed by atoms with Crippen LogP contribution in [-0.4, -0.2) is 23.9 Å². The van der Waals surface area contributed by atoms with Crippen LogP contribution in [-0.2, 0) is 28.0 Å². The molecule has 0 saturated carbocycles. The van der Waals surface area contributed by atoms with E-state index in [1.54, 1.807) is 0 Å². The van der Waals surface area contributed by atoms with Crippen molar-refractivity contribution in [1.82, 2.24) is 0 Å². The van der Waals surface area contributed by atoms with Gasteiger partial charge in [-0.3, -0.25) is 0 Å². The van der Waals surface area contributed by atoms with Gasteiger partial charge in [0.2, 0.25) is 24.0 Å². The van der Waals surface area contributed by atoms with Gasteiger partial charge in [0.1, 0.15) is 0 Å². The van der Waals surface area contributed by atoms with Crippen LogP contribution in [0.5, 0.6) is 0 Å². The van der Waals surface area contributed by atoms with Gasteiger partial charge in [0.05, 0.1) is 0 Å². The number of hydrogen-bond acceptors (Lipinski definition) is 0. The fourth-order valence-electron chi connectivity index (χ4n) is 0. The first-order valence-corrected chi connectivity index (χ1v) is 0. The van der Waals surface area contributed by atoms with Gasteiger partial charge in [0, 0.05) is 0 Å². The maximum absolute atomic E-state index is 0. The van der Waals surface area contributed by atoms with Crippen LogP contribution >= 0.6 is 0 Å². The standard InChI is InChI=1S/Cs.H2I.Mn.2O.Sn/h;1H2;;;;/q2*+1;+2;2*-2;+4. The van der Waals surface area contributed by atoms with Crippen LogP contribution in [0.3, 0.4) is 0 Å². The topological polar surface area (TPSA) is 57.0 Å². The van der Waals surface area contributed by atoms with E-state index in [1.165, 1.54) is 0 Å². The molecule has 0 unspecified atom stereocenters. The van der Waals surface area contributed by atoms with Crippen molar-refractivity contribution < 1.29 is 121 Å². The van der Waals surface area contributed by atoms with Crippen molar-refractivity contribution in [2.75, 3.05) is 0 Å². The van der Waals surface area contributed by atoms with Crippen LogP contribution in [0.25, 0.3) is 0 Å². The molecule has 0 aromatic carbocycles. The van der Waals surface area contributed by atoms with Crippen molar-refractivity contribution in [3.8, 4) is 0 Å². The molecule has 0 heterocycles. The zero-order chi connectivity index (χ0) is 0. The van der Waals surface area contributed by atoms with Crippen LogP contribution in [0.15, 0.2) is 0 Å². The van der Waals surface area contributed by atoms with Gasteiger partial charge in [0.15, 0.2) is 0 Å². The molecule has 0 amide bonds. The number of rotatable bonds is 0. The van der Waals surface area contributed by atoms with Gasteiger partial charge in [-0.1, -0.05) is 0 Å². The first-order chi connectivity index (χ1) is 0. The van der Waals surface area contributed by atoms with Gasteiger partial charge in [-0.25, -0.2) is 0 Å². The summed E-state index contributed by atoms with van der Waals surface area (Å²) in [6, 6.07) is 0. The van der Waals surface area contributed by atoms with Gasteiger partial charge in [-0.2, -0.15) is 0 Å². The summed E-state index contributed by atoms with van der Waals surface area (Å²) < 4.78 is 0. The molecule has 0 aromatic rings. The minimum absolute atomic E-state index is 0. The van der Waals surface area contributed by atoms with Crippen molar-refractivity contribution in [3.05, 3.63) is 0 Å². The average molecular weight is 467 g/mol. The Morgan fingerprint density at radius 1 is 0.833 bits per heavy atom. The number of halogens is 1. The quantitative estimate of drug-likeness (QED) is 0.251. The van der Waals surface area contributed by atoms with E-state index in [2.05, 4.69) is 0 Å². The Morgan fingerprint density at radius 2 is 0.833 bits per heavy atom. The molecule has 29 valence electrons. The Morgan fingerprint density at radius 3 is 0.833 bits per heavy atom. The second-order valence-corrected chi connectivity index (χ2v) is 0. The minimum Gasteiger partial charge on any atom is -2.00 e. The van der Waals surface area contributed by atoms with E-state index >= 15 is 0 Å². The van der Waals surface area contributed by atoms with Gasteiger partial charge >= 0.3 is 110 Å². The van der Waals surface area contributed by atoms with Crippen molar-refractivity contribution in [2.45, 2.75) is 0 Å². The summed E-state index contributed by atoms with van der Waals surface area (Å²) in [5.41, 5.74) is 0. The first-order valence-electron chi connectivity index (χ1n) is 0. The Bertz CT molecular complexity index is 13.5. The summed E-state index contributed by atoms with van der Waals surface area (Å²) in [4.78, 5) is 0. The maximum Gasteiger partial charge on any atom is 4.00 e. The fourth-order valence-corrected chi connectivity index (χ4v) is 0. The summed E-state index contributed by atoms with van der Waals surface area (Å²) >= 11 is 0. The van der Waals surface area contributed by atoms with Gasteiger partial charge in [0.25, 0.3) is 0 Å². The summed E-state index contributed by atoms with van der Waals surface area (Å²) in [7, 11) is 0. The molecular weight excluding hydrogens is 465 g/mol. The van der Waals surface area contributed by atoms with E-state index in [1.807, 2.05) is 0 Å². The van der Waals surface area contributed by atoms with E-state index in [4.69, 9.17) is 0 Å². The molecule has 0 aromatic heterocycles. The van der Waals surface area contributed by atoms with Crippen LogP contribution in [0.2, 0.25) is 0 Å². The summed E-state index contributed by atoms with van der Waals surface area (Å²) in [6.45, 7) is 0. The minimum atomic E-state index is 0. The molecule has 0 bridgehead atoms. The molecule has 2 nitrogen and oxygen atoms in total. The van der Waals surface area contributed by atoms with Gasteiger partial charge < -0.3 is 11.0 Å². The van der Waals surface area contributed by atoms with E-state index in [0.29, 0.717) is 0 Å². The van der Waals surface area contributed by atoms with Gasteiger partial charge in [-0.05, 0) is 0 Å². The Labute approximate surface area is 140 Å². The van der Waals surface area contributed by atoms with Crippen LogP contribution in [0, 0.1) is 0 Å². The molecule has 0 atom stereocenters. The molecule has 0 fully saturated rings. The van der Waals surface area contributed by atoms with E-state index in [0.717, 1.165) is 0 Å². The average Bonchev–Trinajstić information content (AvgIpc) is 0. The Balaban J connectivity index is 0. The van der Waals surface area contributed by atoms with Crippen LogP contribution in [0.4, 0.5) is 0 Å². The van der Waals surface area contributed by atoms with Crippen LogP contribution in [0.1, 0.15) is 0 Å². The van der Waals surface area contributed by atoms with E-state index < -0.39 is 0 Å². The molecule has 0 spiro atoms. The summed E-state index contributed by atoms with van der Waals surface area (Å²) in [5.74, 6) is 0. The molecule has 0 aliphatic heterocycles. The molecular formula is H2CsIMnO2Sn+4. The van der Waals surface area contributed by atoms with Crippen molar-refractivity contribution in [2.24, 2.45) is 0 Å². The largest absolute Gasteiger partial charge is 4.00 e. The fraction of sp³-hybridized carbons (Fsp3) is 0. The zero-order valence-electron chi connectivity index (χ0n) is 3.14. The first kappa shape index (κ1) is 50.4.